The largest absolute Gasteiger partial charge is 0.505 e. The number of phenolic OH excluding ortho intramolecular Hbond substituents is 1. The van der Waals surface area contributed by atoms with E-state index in [9.17, 15) is 9.50 Å². The van der Waals surface area contributed by atoms with Crippen LogP contribution >= 0.6 is 15.9 Å². The summed E-state index contributed by atoms with van der Waals surface area (Å²) >= 11 is 2.97. The van der Waals surface area contributed by atoms with Gasteiger partial charge in [-0.05, 0) is 34.8 Å². The lowest BCUT2D eigenvalue weighted by Crippen LogP contribution is -2.03. The van der Waals surface area contributed by atoms with Gasteiger partial charge in [0.2, 0.25) is 0 Å². The van der Waals surface area contributed by atoms with Crippen LogP contribution in [-0.2, 0) is 5.41 Å². The molecule has 4 heteroatoms. The van der Waals surface area contributed by atoms with E-state index in [2.05, 4.69) is 22.0 Å². The molecule has 14 heavy (non-hydrogen) atoms. The number of nitriles is 1. The Labute approximate surface area is 89.1 Å². The van der Waals surface area contributed by atoms with E-state index in [1.165, 1.54) is 6.07 Å². The first-order valence-corrected chi connectivity index (χ1v) is 4.99. The second-order valence-corrected chi connectivity index (χ2v) is 4.31. The second-order valence-electron chi connectivity index (χ2n) is 3.45. The van der Waals surface area contributed by atoms with Crippen LogP contribution in [0.1, 0.15) is 18.4 Å². The number of halogens is 2. The highest BCUT2D eigenvalue weighted by atomic mass is 79.9. The smallest absolute Gasteiger partial charge is 0.179 e. The van der Waals surface area contributed by atoms with Gasteiger partial charge in [-0.15, -0.1) is 0 Å². The van der Waals surface area contributed by atoms with Crippen LogP contribution in [0, 0.1) is 17.1 Å². The molecule has 1 fully saturated rings. The molecular weight excluding hydrogens is 249 g/mol. The molecule has 2 nitrogen and oxygen atoms in total. The molecule has 1 aromatic rings. The normalized spacial score (nSPS) is 17.5. The maximum atomic E-state index is 13.3. The SMILES string of the molecule is N#CC1(c2ccc(Br)c(F)c2O)CC1. The van der Waals surface area contributed by atoms with Gasteiger partial charge in [0.05, 0.1) is 16.0 Å². The molecule has 0 amide bonds. The minimum absolute atomic E-state index is 0.215. The number of hydrogen-bond acceptors (Lipinski definition) is 2. The van der Waals surface area contributed by atoms with Crippen molar-refractivity contribution in [1.29, 1.82) is 5.26 Å². The van der Waals surface area contributed by atoms with Crippen molar-refractivity contribution >= 4 is 15.9 Å². The summed E-state index contributed by atoms with van der Waals surface area (Å²) in [6.07, 6.45) is 1.39. The van der Waals surface area contributed by atoms with E-state index in [0.29, 0.717) is 18.4 Å². The second kappa shape index (κ2) is 2.96. The molecule has 0 heterocycles. The highest BCUT2D eigenvalue weighted by molar-refractivity contribution is 9.10. The van der Waals surface area contributed by atoms with E-state index < -0.39 is 17.0 Å². The third-order valence-corrected chi connectivity index (χ3v) is 3.16. The summed E-state index contributed by atoms with van der Waals surface area (Å²) in [5.74, 6) is -1.09. The average molecular weight is 256 g/mol. The van der Waals surface area contributed by atoms with Crippen molar-refractivity contribution in [3.8, 4) is 11.8 Å². The molecule has 1 aliphatic rings. The summed E-state index contributed by atoms with van der Waals surface area (Å²) in [4.78, 5) is 0. The van der Waals surface area contributed by atoms with Gasteiger partial charge in [0.1, 0.15) is 0 Å². The lowest BCUT2D eigenvalue weighted by Gasteiger charge is -2.09. The standard InChI is InChI=1S/C10H7BrFNO/c11-7-2-1-6(9(14)8(7)12)10(5-13)3-4-10/h1-2,14H,3-4H2. The number of nitrogens with zero attached hydrogens (tertiary/aromatic N) is 1. The topological polar surface area (TPSA) is 44.0 Å². The fourth-order valence-corrected chi connectivity index (χ4v) is 1.81. The first kappa shape index (κ1) is 9.47. The summed E-state index contributed by atoms with van der Waals surface area (Å²) in [7, 11) is 0. The lowest BCUT2D eigenvalue weighted by atomic mass is 9.96. The lowest BCUT2D eigenvalue weighted by molar-refractivity contribution is 0.421. The summed E-state index contributed by atoms with van der Waals surface area (Å²) in [5, 5.41) is 18.4. The number of benzene rings is 1. The van der Waals surface area contributed by atoms with Crippen LogP contribution in [0.25, 0.3) is 0 Å². The summed E-state index contributed by atoms with van der Waals surface area (Å²) in [6.45, 7) is 0. The Hall–Kier alpha value is -1.08. The van der Waals surface area contributed by atoms with Gasteiger partial charge in [0.15, 0.2) is 11.6 Å². The summed E-state index contributed by atoms with van der Waals surface area (Å²) in [6, 6.07) is 5.23. The third kappa shape index (κ3) is 1.20. The molecule has 1 aromatic carbocycles. The fraction of sp³-hybridized carbons (Fsp3) is 0.300. The van der Waals surface area contributed by atoms with Gasteiger partial charge in [-0.1, -0.05) is 6.07 Å². The van der Waals surface area contributed by atoms with E-state index in [1.54, 1.807) is 6.07 Å². The maximum Gasteiger partial charge on any atom is 0.179 e. The van der Waals surface area contributed by atoms with Gasteiger partial charge in [0.25, 0.3) is 0 Å². The Bertz CT molecular complexity index is 434. The zero-order valence-corrected chi connectivity index (χ0v) is 8.81. The molecule has 1 N–H and O–H groups in total. The van der Waals surface area contributed by atoms with Gasteiger partial charge in [0, 0.05) is 5.56 Å². The van der Waals surface area contributed by atoms with Gasteiger partial charge in [-0.25, -0.2) is 4.39 Å². The third-order valence-electron chi connectivity index (χ3n) is 2.55. The molecule has 1 aliphatic carbocycles. The van der Waals surface area contributed by atoms with Crippen LogP contribution in [-0.4, -0.2) is 5.11 Å². The molecule has 1 saturated carbocycles. The van der Waals surface area contributed by atoms with Crippen molar-refractivity contribution in [2.75, 3.05) is 0 Å². The molecule has 0 unspecified atom stereocenters. The van der Waals surface area contributed by atoms with Gasteiger partial charge in [-0.2, -0.15) is 5.26 Å². The molecule has 0 saturated heterocycles. The van der Waals surface area contributed by atoms with Gasteiger partial charge >= 0.3 is 0 Å². The minimum Gasteiger partial charge on any atom is -0.505 e. The maximum absolute atomic E-state index is 13.3. The van der Waals surface area contributed by atoms with E-state index >= 15 is 0 Å². The molecule has 72 valence electrons. The number of phenols is 1. The van der Waals surface area contributed by atoms with E-state index in [0.717, 1.165) is 0 Å². The monoisotopic (exact) mass is 255 g/mol. The zero-order chi connectivity index (χ0) is 10.3. The number of aromatic hydroxyl groups is 1. The highest BCUT2D eigenvalue weighted by Crippen LogP contribution is 2.51. The van der Waals surface area contributed by atoms with Gasteiger partial charge in [-0.3, -0.25) is 0 Å². The average Bonchev–Trinajstić information content (AvgIpc) is 2.95. The molecular formula is C10H7BrFNO. The molecule has 0 spiro atoms. The van der Waals surface area contributed by atoms with Crippen molar-refractivity contribution < 1.29 is 9.50 Å². The van der Waals surface area contributed by atoms with Crippen LogP contribution in [0.2, 0.25) is 0 Å². The summed E-state index contributed by atoms with van der Waals surface area (Å²) in [5.41, 5.74) is -0.244. The van der Waals surface area contributed by atoms with E-state index in [1.807, 2.05) is 0 Å². The molecule has 0 radical (unpaired) electrons. The predicted molar refractivity (Wildman–Crippen MR) is 52.3 cm³/mol. The Balaban J connectivity index is 2.57. The highest BCUT2D eigenvalue weighted by Gasteiger charge is 2.47. The number of rotatable bonds is 1. The Morgan fingerprint density at radius 2 is 2.14 bits per heavy atom. The molecule has 2 rings (SSSR count). The van der Waals surface area contributed by atoms with Crippen molar-refractivity contribution in [3.63, 3.8) is 0 Å². The Morgan fingerprint density at radius 3 is 2.64 bits per heavy atom. The molecule has 0 aromatic heterocycles. The van der Waals surface area contributed by atoms with Crippen molar-refractivity contribution in [1.82, 2.24) is 0 Å². The van der Waals surface area contributed by atoms with Gasteiger partial charge < -0.3 is 5.11 Å². The fourth-order valence-electron chi connectivity index (χ4n) is 1.49. The first-order valence-electron chi connectivity index (χ1n) is 4.19. The van der Waals surface area contributed by atoms with Crippen LogP contribution in [0.15, 0.2) is 16.6 Å². The quantitative estimate of drug-likeness (QED) is 0.839. The molecule has 0 atom stereocenters. The zero-order valence-electron chi connectivity index (χ0n) is 7.22. The van der Waals surface area contributed by atoms with Crippen LogP contribution < -0.4 is 0 Å². The number of hydrogen-bond donors (Lipinski definition) is 1. The van der Waals surface area contributed by atoms with Crippen molar-refractivity contribution in [2.45, 2.75) is 18.3 Å². The van der Waals surface area contributed by atoms with E-state index in [-0.39, 0.29) is 4.47 Å². The van der Waals surface area contributed by atoms with Crippen LogP contribution in [0.4, 0.5) is 4.39 Å². The van der Waals surface area contributed by atoms with Crippen molar-refractivity contribution in [2.24, 2.45) is 0 Å². The molecule has 0 aliphatic heterocycles. The minimum atomic E-state index is -0.691. The van der Waals surface area contributed by atoms with Crippen LogP contribution in [0.3, 0.4) is 0 Å². The molecule has 0 bridgehead atoms. The van der Waals surface area contributed by atoms with Crippen molar-refractivity contribution in [3.05, 3.63) is 28.0 Å². The van der Waals surface area contributed by atoms with Crippen LogP contribution in [0.5, 0.6) is 5.75 Å². The summed E-state index contributed by atoms with van der Waals surface area (Å²) < 4.78 is 13.5. The first-order chi connectivity index (χ1) is 6.60. The predicted octanol–water partition coefficient (Wildman–Crippen LogP) is 2.85. The van der Waals surface area contributed by atoms with E-state index in [4.69, 9.17) is 5.26 Å². The Morgan fingerprint density at radius 1 is 1.50 bits per heavy atom. The Kier molecular flexibility index (Phi) is 2.00.